The first-order valence-electron chi connectivity index (χ1n) is 7.62. The molecule has 0 radical (unpaired) electrons. The summed E-state index contributed by atoms with van der Waals surface area (Å²) in [7, 11) is 1.75. The summed E-state index contributed by atoms with van der Waals surface area (Å²) in [6, 6.07) is 0. The first kappa shape index (κ1) is 17.2. The van der Waals surface area contributed by atoms with Crippen molar-refractivity contribution in [3.05, 3.63) is 17.0 Å². The summed E-state index contributed by atoms with van der Waals surface area (Å²) in [5.41, 5.74) is 4.06. The molecule has 0 aromatic carbocycles. The molecule has 0 fully saturated rings. The zero-order chi connectivity index (χ0) is 15.2. The fraction of sp³-hybridized carbons (Fsp3) is 0.812. The largest absolute Gasteiger partial charge is 0.385 e. The summed E-state index contributed by atoms with van der Waals surface area (Å²) in [5.74, 6) is 0. The number of aromatic nitrogens is 2. The number of unbranched alkanes of at least 4 members (excludes halogenated alkanes) is 1. The Hall–Kier alpha value is -0.870. The maximum absolute atomic E-state index is 5.09. The van der Waals surface area contributed by atoms with Crippen LogP contribution in [-0.2, 0) is 17.7 Å². The van der Waals surface area contributed by atoms with E-state index in [4.69, 9.17) is 4.74 Å². The van der Waals surface area contributed by atoms with E-state index >= 15 is 0 Å². The fourth-order valence-corrected chi connectivity index (χ4v) is 2.38. The summed E-state index contributed by atoms with van der Waals surface area (Å²) < 4.78 is 7.24. The highest BCUT2D eigenvalue weighted by atomic mass is 16.5. The molecule has 4 nitrogen and oxygen atoms in total. The summed E-state index contributed by atoms with van der Waals surface area (Å²) in [6.07, 6.45) is 3.26. The van der Waals surface area contributed by atoms with Crippen LogP contribution in [0, 0.1) is 13.8 Å². The van der Waals surface area contributed by atoms with Crippen LogP contribution in [0.15, 0.2) is 0 Å². The number of hydrogen-bond acceptors (Lipinski definition) is 3. The molecule has 0 saturated carbocycles. The van der Waals surface area contributed by atoms with Gasteiger partial charge in [-0.2, -0.15) is 5.10 Å². The normalized spacial score (nSPS) is 12.1. The lowest BCUT2D eigenvalue weighted by Crippen LogP contribution is -2.37. The summed E-state index contributed by atoms with van der Waals surface area (Å²) in [6.45, 7) is 13.7. The minimum absolute atomic E-state index is 0.179. The molecular formula is C16H31N3O. The van der Waals surface area contributed by atoms with Crippen LogP contribution in [-0.4, -0.2) is 35.6 Å². The Kier molecular flexibility index (Phi) is 6.69. The van der Waals surface area contributed by atoms with Crippen molar-refractivity contribution in [3.63, 3.8) is 0 Å². The molecule has 4 heteroatoms. The van der Waals surface area contributed by atoms with E-state index in [0.717, 1.165) is 39.0 Å². The Morgan fingerprint density at radius 3 is 2.50 bits per heavy atom. The lowest BCUT2D eigenvalue weighted by atomic mass is 10.1. The lowest BCUT2D eigenvalue weighted by molar-refractivity contribution is 0.191. The van der Waals surface area contributed by atoms with Gasteiger partial charge >= 0.3 is 0 Å². The highest BCUT2D eigenvalue weighted by Gasteiger charge is 2.13. The van der Waals surface area contributed by atoms with Crippen molar-refractivity contribution in [2.24, 2.45) is 0 Å². The van der Waals surface area contributed by atoms with Crippen LogP contribution in [0.5, 0.6) is 0 Å². The number of ether oxygens (including phenoxy) is 1. The topological polar surface area (TPSA) is 39.1 Å². The summed E-state index contributed by atoms with van der Waals surface area (Å²) >= 11 is 0. The minimum atomic E-state index is 0.179. The number of methoxy groups -OCH3 is 1. The van der Waals surface area contributed by atoms with Gasteiger partial charge in [-0.05, 0) is 66.0 Å². The Bertz CT molecular complexity index is 405. The van der Waals surface area contributed by atoms with Crippen molar-refractivity contribution >= 4 is 0 Å². The number of nitrogens with zero attached hydrogens (tertiary/aromatic N) is 2. The van der Waals surface area contributed by atoms with E-state index in [0.29, 0.717) is 0 Å². The zero-order valence-electron chi connectivity index (χ0n) is 14.0. The highest BCUT2D eigenvalue weighted by molar-refractivity contribution is 5.24. The van der Waals surface area contributed by atoms with Gasteiger partial charge in [0.25, 0.3) is 0 Å². The zero-order valence-corrected chi connectivity index (χ0v) is 14.0. The molecule has 1 heterocycles. The second-order valence-electron chi connectivity index (χ2n) is 6.50. The SMILES string of the molecule is COCCCCn1nc(C)c(CCNC(C)(C)C)c1C. The molecule has 0 aliphatic rings. The van der Waals surface area contributed by atoms with Crippen LogP contribution in [0.25, 0.3) is 0 Å². The fourth-order valence-electron chi connectivity index (χ4n) is 2.38. The first-order chi connectivity index (χ1) is 9.35. The van der Waals surface area contributed by atoms with Gasteiger partial charge in [-0.15, -0.1) is 0 Å². The van der Waals surface area contributed by atoms with Crippen LogP contribution in [0.1, 0.15) is 50.6 Å². The Labute approximate surface area is 123 Å². The van der Waals surface area contributed by atoms with E-state index in [2.05, 4.69) is 49.7 Å². The maximum atomic E-state index is 5.09. The van der Waals surface area contributed by atoms with Gasteiger partial charge in [0.1, 0.15) is 0 Å². The standard InChI is InChI=1S/C16H31N3O/c1-13-15(9-10-17-16(3,4)5)14(2)19(18-13)11-7-8-12-20-6/h17H,7-12H2,1-6H3. The smallest absolute Gasteiger partial charge is 0.0628 e. The molecule has 1 rings (SSSR count). The van der Waals surface area contributed by atoms with Gasteiger partial charge in [0.15, 0.2) is 0 Å². The molecule has 20 heavy (non-hydrogen) atoms. The van der Waals surface area contributed by atoms with Crippen molar-refractivity contribution in [2.45, 2.75) is 66.0 Å². The molecule has 0 saturated heterocycles. The third kappa shape index (κ3) is 5.63. The van der Waals surface area contributed by atoms with Gasteiger partial charge in [-0.1, -0.05) is 0 Å². The Morgan fingerprint density at radius 2 is 1.90 bits per heavy atom. The van der Waals surface area contributed by atoms with Crippen molar-refractivity contribution in [2.75, 3.05) is 20.3 Å². The van der Waals surface area contributed by atoms with E-state index < -0.39 is 0 Å². The van der Waals surface area contributed by atoms with Crippen LogP contribution < -0.4 is 5.32 Å². The van der Waals surface area contributed by atoms with Gasteiger partial charge in [0.2, 0.25) is 0 Å². The van der Waals surface area contributed by atoms with Crippen molar-refractivity contribution < 1.29 is 4.74 Å². The molecular weight excluding hydrogens is 250 g/mol. The van der Waals surface area contributed by atoms with Gasteiger partial charge in [0.05, 0.1) is 5.69 Å². The van der Waals surface area contributed by atoms with E-state index in [1.165, 1.54) is 17.0 Å². The predicted octanol–water partition coefficient (Wildman–Crippen LogP) is 2.86. The van der Waals surface area contributed by atoms with Crippen molar-refractivity contribution in [1.82, 2.24) is 15.1 Å². The monoisotopic (exact) mass is 281 g/mol. The second-order valence-corrected chi connectivity index (χ2v) is 6.50. The third-order valence-electron chi connectivity index (χ3n) is 3.53. The lowest BCUT2D eigenvalue weighted by Gasteiger charge is -2.20. The molecule has 116 valence electrons. The molecule has 0 aliphatic carbocycles. The molecule has 0 atom stereocenters. The van der Waals surface area contributed by atoms with E-state index in [9.17, 15) is 0 Å². The van der Waals surface area contributed by atoms with Crippen molar-refractivity contribution in [1.29, 1.82) is 0 Å². The second kappa shape index (κ2) is 7.79. The maximum Gasteiger partial charge on any atom is 0.0628 e. The molecule has 0 aliphatic heterocycles. The van der Waals surface area contributed by atoms with Gasteiger partial charge in [-0.25, -0.2) is 0 Å². The molecule has 0 amide bonds. The van der Waals surface area contributed by atoms with Crippen LogP contribution in [0.3, 0.4) is 0 Å². The number of hydrogen-bond donors (Lipinski definition) is 1. The molecule has 1 N–H and O–H groups in total. The summed E-state index contributed by atoms with van der Waals surface area (Å²) in [5, 5.41) is 8.21. The Balaban J connectivity index is 2.53. The molecule has 1 aromatic heterocycles. The third-order valence-corrected chi connectivity index (χ3v) is 3.53. The predicted molar refractivity (Wildman–Crippen MR) is 84.3 cm³/mol. The highest BCUT2D eigenvalue weighted by Crippen LogP contribution is 2.14. The molecule has 0 spiro atoms. The average Bonchev–Trinajstić information content (AvgIpc) is 2.61. The van der Waals surface area contributed by atoms with Gasteiger partial charge < -0.3 is 10.1 Å². The van der Waals surface area contributed by atoms with E-state index in [1.807, 2.05) is 0 Å². The quantitative estimate of drug-likeness (QED) is 0.745. The Morgan fingerprint density at radius 1 is 1.20 bits per heavy atom. The van der Waals surface area contributed by atoms with Gasteiger partial charge in [0, 0.05) is 31.5 Å². The molecule has 0 unspecified atom stereocenters. The first-order valence-corrected chi connectivity index (χ1v) is 7.62. The van der Waals surface area contributed by atoms with E-state index in [1.54, 1.807) is 7.11 Å². The van der Waals surface area contributed by atoms with Gasteiger partial charge in [-0.3, -0.25) is 4.68 Å². The number of rotatable bonds is 8. The summed E-state index contributed by atoms with van der Waals surface area (Å²) in [4.78, 5) is 0. The van der Waals surface area contributed by atoms with Crippen LogP contribution in [0.2, 0.25) is 0 Å². The molecule has 0 bridgehead atoms. The average molecular weight is 281 g/mol. The van der Waals surface area contributed by atoms with E-state index in [-0.39, 0.29) is 5.54 Å². The minimum Gasteiger partial charge on any atom is -0.385 e. The van der Waals surface area contributed by atoms with Crippen molar-refractivity contribution in [3.8, 4) is 0 Å². The number of aryl methyl sites for hydroxylation is 2. The number of nitrogens with one attached hydrogen (secondary N) is 1. The van der Waals surface area contributed by atoms with Crippen LogP contribution in [0.4, 0.5) is 0 Å². The van der Waals surface area contributed by atoms with Crippen LogP contribution >= 0.6 is 0 Å². The molecule has 1 aromatic rings.